The molecule has 0 unspecified atom stereocenters. The van der Waals surface area contributed by atoms with Crippen molar-refractivity contribution >= 4 is 5.91 Å². The van der Waals surface area contributed by atoms with Crippen LogP contribution in [0, 0.1) is 0 Å². The van der Waals surface area contributed by atoms with Gasteiger partial charge in [0.25, 0.3) is 5.91 Å². The Morgan fingerprint density at radius 3 is 2.74 bits per heavy atom. The molecule has 27 heavy (non-hydrogen) atoms. The first-order valence-electron chi connectivity index (χ1n) is 9.03. The van der Waals surface area contributed by atoms with Gasteiger partial charge in [-0.1, -0.05) is 6.07 Å². The monoisotopic (exact) mass is 371 g/mol. The highest BCUT2D eigenvalue weighted by atomic mass is 16.5. The first kappa shape index (κ1) is 19.0. The molecule has 1 fully saturated rings. The maximum absolute atomic E-state index is 12.4. The Morgan fingerprint density at radius 1 is 1.15 bits per heavy atom. The second kappa shape index (κ2) is 9.28. The molecule has 2 aromatic carbocycles. The van der Waals surface area contributed by atoms with Gasteiger partial charge < -0.3 is 24.3 Å². The number of amides is 1. The number of methoxy groups -OCH3 is 2. The predicted molar refractivity (Wildman–Crippen MR) is 102 cm³/mol. The van der Waals surface area contributed by atoms with Gasteiger partial charge in [-0.25, -0.2) is 0 Å². The molecule has 0 radical (unpaired) electrons. The number of carbonyl (C=O) groups is 1. The summed E-state index contributed by atoms with van der Waals surface area (Å²) in [6, 6.07) is 12.7. The number of ether oxygens (including phenoxy) is 4. The minimum atomic E-state index is -0.129. The minimum absolute atomic E-state index is 0.114. The fraction of sp³-hybridized carbons (Fsp3) is 0.381. The van der Waals surface area contributed by atoms with Crippen LogP contribution in [0.3, 0.4) is 0 Å². The molecular formula is C21H25NO5. The summed E-state index contributed by atoms with van der Waals surface area (Å²) in [6.45, 7) is 1.58. The topological polar surface area (TPSA) is 66.0 Å². The molecule has 3 rings (SSSR count). The van der Waals surface area contributed by atoms with E-state index in [9.17, 15) is 4.79 Å². The molecule has 0 bridgehead atoms. The molecular weight excluding hydrogens is 346 g/mol. The number of hydrogen-bond donors (Lipinski definition) is 1. The first-order valence-corrected chi connectivity index (χ1v) is 9.03. The van der Waals surface area contributed by atoms with Crippen molar-refractivity contribution in [1.29, 1.82) is 0 Å². The van der Waals surface area contributed by atoms with E-state index >= 15 is 0 Å². The standard InChI is InChI=1S/C21H25NO5/c1-24-17-5-3-6-18(12-17)27-14-16-11-15(8-9-20(16)25-2)21(23)22-13-19-7-4-10-26-19/h3,5-6,8-9,11-12,19H,4,7,10,13-14H2,1-2H3,(H,22,23)/t19-/m1/s1. The zero-order valence-corrected chi connectivity index (χ0v) is 15.7. The molecule has 0 aromatic heterocycles. The van der Waals surface area contributed by atoms with Crippen molar-refractivity contribution in [2.75, 3.05) is 27.4 Å². The molecule has 0 spiro atoms. The summed E-state index contributed by atoms with van der Waals surface area (Å²) in [7, 11) is 3.21. The lowest BCUT2D eigenvalue weighted by Gasteiger charge is -2.14. The van der Waals surface area contributed by atoms with E-state index in [2.05, 4.69) is 5.32 Å². The SMILES string of the molecule is COc1cccc(OCc2cc(C(=O)NC[C@H]3CCCO3)ccc2OC)c1. The number of carbonyl (C=O) groups excluding carboxylic acids is 1. The van der Waals surface area contributed by atoms with Crippen LogP contribution in [-0.4, -0.2) is 39.4 Å². The van der Waals surface area contributed by atoms with E-state index in [-0.39, 0.29) is 18.6 Å². The van der Waals surface area contributed by atoms with Gasteiger partial charge in [-0.3, -0.25) is 4.79 Å². The maximum Gasteiger partial charge on any atom is 0.251 e. The molecule has 144 valence electrons. The summed E-state index contributed by atoms with van der Waals surface area (Å²) in [5, 5.41) is 2.93. The van der Waals surface area contributed by atoms with Crippen LogP contribution in [0.1, 0.15) is 28.8 Å². The smallest absolute Gasteiger partial charge is 0.251 e. The quantitative estimate of drug-likeness (QED) is 0.772. The fourth-order valence-electron chi connectivity index (χ4n) is 3.00. The Balaban J connectivity index is 1.65. The summed E-state index contributed by atoms with van der Waals surface area (Å²) in [5.41, 5.74) is 1.36. The van der Waals surface area contributed by atoms with Crippen molar-refractivity contribution in [1.82, 2.24) is 5.32 Å². The molecule has 6 nitrogen and oxygen atoms in total. The fourth-order valence-corrected chi connectivity index (χ4v) is 3.00. The van der Waals surface area contributed by atoms with Gasteiger partial charge in [-0.05, 0) is 43.2 Å². The van der Waals surface area contributed by atoms with Gasteiger partial charge in [0, 0.05) is 30.3 Å². The van der Waals surface area contributed by atoms with Crippen LogP contribution in [0.2, 0.25) is 0 Å². The van der Waals surface area contributed by atoms with Crippen molar-refractivity contribution in [3.8, 4) is 17.2 Å². The number of nitrogens with one attached hydrogen (secondary N) is 1. The zero-order valence-electron chi connectivity index (χ0n) is 15.7. The van der Waals surface area contributed by atoms with E-state index in [4.69, 9.17) is 18.9 Å². The van der Waals surface area contributed by atoms with Crippen LogP contribution in [-0.2, 0) is 11.3 Å². The van der Waals surface area contributed by atoms with E-state index < -0.39 is 0 Å². The average molecular weight is 371 g/mol. The van der Waals surface area contributed by atoms with Gasteiger partial charge in [-0.15, -0.1) is 0 Å². The number of benzene rings is 2. The van der Waals surface area contributed by atoms with Crippen molar-refractivity contribution in [2.45, 2.75) is 25.6 Å². The van der Waals surface area contributed by atoms with Crippen molar-refractivity contribution in [3.63, 3.8) is 0 Å². The first-order chi connectivity index (χ1) is 13.2. The summed E-state index contributed by atoms with van der Waals surface area (Å²) in [6.07, 6.45) is 2.15. The van der Waals surface area contributed by atoms with E-state index in [1.54, 1.807) is 32.4 Å². The molecule has 1 N–H and O–H groups in total. The minimum Gasteiger partial charge on any atom is -0.497 e. The van der Waals surface area contributed by atoms with Crippen LogP contribution < -0.4 is 19.5 Å². The lowest BCUT2D eigenvalue weighted by atomic mass is 10.1. The Hall–Kier alpha value is -2.73. The lowest BCUT2D eigenvalue weighted by molar-refractivity contribution is 0.0857. The van der Waals surface area contributed by atoms with Gasteiger partial charge in [0.15, 0.2) is 0 Å². The maximum atomic E-state index is 12.4. The molecule has 1 heterocycles. The molecule has 1 saturated heterocycles. The molecule has 1 aliphatic heterocycles. The van der Waals surface area contributed by atoms with Crippen molar-refractivity contribution < 1.29 is 23.7 Å². The third-order valence-electron chi connectivity index (χ3n) is 4.49. The highest BCUT2D eigenvalue weighted by Gasteiger charge is 2.17. The molecule has 1 aliphatic rings. The molecule has 1 atom stereocenters. The molecule has 0 saturated carbocycles. The van der Waals surface area contributed by atoms with E-state index in [0.717, 1.165) is 30.8 Å². The van der Waals surface area contributed by atoms with Gasteiger partial charge >= 0.3 is 0 Å². The highest BCUT2D eigenvalue weighted by Crippen LogP contribution is 2.24. The molecule has 6 heteroatoms. The Morgan fingerprint density at radius 2 is 2.00 bits per heavy atom. The highest BCUT2D eigenvalue weighted by molar-refractivity contribution is 5.94. The molecule has 0 aliphatic carbocycles. The van der Waals surface area contributed by atoms with Gasteiger partial charge in [0.2, 0.25) is 0 Å². The summed E-state index contributed by atoms with van der Waals surface area (Å²) in [4.78, 5) is 12.4. The lowest BCUT2D eigenvalue weighted by Crippen LogP contribution is -2.31. The predicted octanol–water partition coefficient (Wildman–Crippen LogP) is 3.19. The Labute approximate surface area is 159 Å². The van der Waals surface area contributed by atoms with Crippen LogP contribution in [0.25, 0.3) is 0 Å². The number of hydrogen-bond acceptors (Lipinski definition) is 5. The van der Waals surface area contributed by atoms with Gasteiger partial charge in [0.05, 0.1) is 20.3 Å². The van der Waals surface area contributed by atoms with E-state index in [1.807, 2.05) is 24.3 Å². The summed E-state index contributed by atoms with van der Waals surface area (Å²) in [5.74, 6) is 1.95. The summed E-state index contributed by atoms with van der Waals surface area (Å²) < 4.78 is 22.0. The molecule has 2 aromatic rings. The van der Waals surface area contributed by atoms with Crippen LogP contribution in [0.5, 0.6) is 17.2 Å². The van der Waals surface area contributed by atoms with E-state index in [1.165, 1.54) is 0 Å². The van der Waals surface area contributed by atoms with Gasteiger partial charge in [0.1, 0.15) is 23.9 Å². The third-order valence-corrected chi connectivity index (χ3v) is 4.49. The van der Waals surface area contributed by atoms with Crippen molar-refractivity contribution in [2.24, 2.45) is 0 Å². The van der Waals surface area contributed by atoms with E-state index in [0.29, 0.717) is 23.6 Å². The van der Waals surface area contributed by atoms with Crippen molar-refractivity contribution in [3.05, 3.63) is 53.6 Å². The second-order valence-electron chi connectivity index (χ2n) is 6.34. The van der Waals surface area contributed by atoms with Crippen LogP contribution >= 0.6 is 0 Å². The van der Waals surface area contributed by atoms with Crippen LogP contribution in [0.4, 0.5) is 0 Å². The van der Waals surface area contributed by atoms with Crippen LogP contribution in [0.15, 0.2) is 42.5 Å². The largest absolute Gasteiger partial charge is 0.497 e. The average Bonchev–Trinajstić information content (AvgIpc) is 3.24. The summed E-state index contributed by atoms with van der Waals surface area (Å²) >= 11 is 0. The molecule has 1 amide bonds. The normalized spacial score (nSPS) is 16.0. The second-order valence-corrected chi connectivity index (χ2v) is 6.34. The zero-order chi connectivity index (χ0) is 19.1. The van der Waals surface area contributed by atoms with Gasteiger partial charge in [-0.2, -0.15) is 0 Å². The Bertz CT molecular complexity index is 771. The Kier molecular flexibility index (Phi) is 6.54. The number of rotatable bonds is 8. The third kappa shape index (κ3) is 5.14.